The van der Waals surface area contributed by atoms with Gasteiger partial charge in [-0.25, -0.2) is 9.97 Å². The minimum absolute atomic E-state index is 0.0219. The number of hydrogen-bond acceptors (Lipinski definition) is 7. The van der Waals surface area contributed by atoms with Crippen LogP contribution in [0.4, 0.5) is 48.3 Å². The van der Waals surface area contributed by atoms with Crippen LogP contribution in [0.2, 0.25) is 30.4 Å². The number of hydrazine groups is 1. The van der Waals surface area contributed by atoms with Crippen LogP contribution in [0.1, 0.15) is 54.0 Å². The Hall–Kier alpha value is -3.82. The van der Waals surface area contributed by atoms with Gasteiger partial charge in [0.25, 0.3) is 0 Å². The van der Waals surface area contributed by atoms with Crippen molar-refractivity contribution in [1.29, 1.82) is 0 Å². The van der Waals surface area contributed by atoms with E-state index in [1.54, 1.807) is 0 Å². The summed E-state index contributed by atoms with van der Waals surface area (Å²) < 4.78 is 163. The Bertz CT molecular complexity index is 2500. The van der Waals surface area contributed by atoms with Crippen molar-refractivity contribution in [2.75, 3.05) is 10.2 Å². The normalized spacial score (nSPS) is 15.5. The van der Waals surface area contributed by atoms with Gasteiger partial charge in [-0.2, -0.15) is 73.2 Å². The number of rotatable bonds is 11. The molecule has 26 heteroatoms. The first-order chi connectivity index (χ1) is 28.3. The average Bonchev–Trinajstić information content (AvgIpc) is 3.86. The number of alkyl halides is 11. The van der Waals surface area contributed by atoms with Gasteiger partial charge in [0.05, 0.1) is 50.1 Å². The lowest BCUT2D eigenvalue weighted by atomic mass is 9.93. The summed E-state index contributed by atoms with van der Waals surface area (Å²) in [6.07, 6.45) is -16.6. The molecule has 0 N–H and O–H groups in total. The standard InChI is InChI=1S/C35H24Cl6F11N9/c1-3-18-10-23(34(47,48)49)57-59(18)61-30(33(45,46)35(50,51)52)25(19-11-24(38)55-29(26(19)39)28-27(40)20(37)7-8-53-28)22(4-2)60(61)58-14-16(21(56-58)12-32(42,43)44)6-5-15-9-17(36)13-54-31(15)41/h7-11,13-14,22H,3-6,12H2,1-2H3. The van der Waals surface area contributed by atoms with E-state index >= 15 is 8.78 Å². The molecule has 0 aromatic carbocycles. The summed E-state index contributed by atoms with van der Waals surface area (Å²) in [5.41, 5.74) is -7.48. The van der Waals surface area contributed by atoms with Crippen molar-refractivity contribution < 1.29 is 48.3 Å². The highest BCUT2D eigenvalue weighted by atomic mass is 35.5. The number of allylic oxidation sites excluding steroid dienone is 1. The zero-order chi connectivity index (χ0) is 45.1. The quantitative estimate of drug-likeness (QED) is 0.0963. The van der Waals surface area contributed by atoms with Crippen LogP contribution in [0.3, 0.4) is 0 Å². The van der Waals surface area contributed by atoms with Crippen LogP contribution in [0.15, 0.2) is 48.6 Å². The number of aryl methyl sites for hydroxylation is 3. The highest BCUT2D eigenvalue weighted by molar-refractivity contribution is 6.44. The third-order valence-electron chi connectivity index (χ3n) is 9.16. The molecule has 1 aliphatic rings. The molecule has 1 atom stereocenters. The van der Waals surface area contributed by atoms with Crippen molar-refractivity contribution >= 4 is 75.2 Å². The zero-order valence-electron chi connectivity index (χ0n) is 30.6. The summed E-state index contributed by atoms with van der Waals surface area (Å²) in [6.45, 7) is 2.55. The lowest BCUT2D eigenvalue weighted by Gasteiger charge is -2.38. The van der Waals surface area contributed by atoms with E-state index in [0.29, 0.717) is 16.0 Å². The fraction of sp³-hybridized carbons (Fsp3) is 0.343. The molecule has 6 rings (SSSR count). The van der Waals surface area contributed by atoms with E-state index in [-0.39, 0.29) is 59.8 Å². The second-order valence-electron chi connectivity index (χ2n) is 13.2. The van der Waals surface area contributed by atoms with Crippen molar-refractivity contribution in [3.05, 3.63) is 113 Å². The van der Waals surface area contributed by atoms with Crippen LogP contribution < -0.4 is 10.2 Å². The van der Waals surface area contributed by atoms with E-state index in [9.17, 15) is 39.5 Å². The van der Waals surface area contributed by atoms with Gasteiger partial charge in [0.15, 0.2) is 5.69 Å². The first-order valence-corrected chi connectivity index (χ1v) is 19.6. The third kappa shape index (κ3) is 9.16. The van der Waals surface area contributed by atoms with Crippen LogP contribution in [-0.2, 0) is 31.9 Å². The maximum atomic E-state index is 16.6. The van der Waals surface area contributed by atoms with Crippen molar-refractivity contribution in [2.45, 2.75) is 76.4 Å². The molecule has 0 fully saturated rings. The number of nitrogens with zero attached hydrogens (tertiary/aromatic N) is 9. The van der Waals surface area contributed by atoms with E-state index in [1.165, 1.54) is 32.2 Å². The molecule has 6 heterocycles. The molecule has 0 aliphatic carbocycles. The molecule has 1 unspecified atom stereocenters. The maximum Gasteiger partial charge on any atom is 0.459 e. The Morgan fingerprint density at radius 3 is 2.05 bits per heavy atom. The first kappa shape index (κ1) is 46.7. The van der Waals surface area contributed by atoms with Crippen LogP contribution in [0.25, 0.3) is 17.0 Å². The number of hydrogen-bond donors (Lipinski definition) is 0. The van der Waals surface area contributed by atoms with E-state index in [0.717, 1.165) is 18.5 Å². The molecular weight excluding hydrogens is 968 g/mol. The summed E-state index contributed by atoms with van der Waals surface area (Å²) in [4.78, 5) is 12.7. The number of pyridine rings is 3. The lowest BCUT2D eigenvalue weighted by molar-refractivity contribution is -0.265. The second kappa shape index (κ2) is 17.0. The Balaban J connectivity index is 1.71. The minimum Gasteiger partial charge on any atom is -0.253 e. The van der Waals surface area contributed by atoms with Crippen molar-refractivity contribution in [3.8, 4) is 11.4 Å². The van der Waals surface area contributed by atoms with Gasteiger partial charge in [-0.3, -0.25) is 4.98 Å². The average molecular weight is 992 g/mol. The van der Waals surface area contributed by atoms with Gasteiger partial charge >= 0.3 is 24.5 Å². The predicted octanol–water partition coefficient (Wildman–Crippen LogP) is 12.2. The van der Waals surface area contributed by atoms with E-state index in [2.05, 4.69) is 25.1 Å². The SMILES string of the molecule is CCc1cc(C(F)(F)F)nn1N1C(C(F)(F)C(F)(F)F)=C(c2cc(Cl)nc(-c3nccc(Cl)c3Cl)c2Cl)C(CC)N1n1cc(CCc2cc(Cl)cnc2Cl)c(CC(F)(F)F)n1. The fourth-order valence-electron chi connectivity index (χ4n) is 6.52. The van der Waals surface area contributed by atoms with E-state index in [4.69, 9.17) is 69.6 Å². The fourth-order valence-corrected chi connectivity index (χ4v) is 7.72. The van der Waals surface area contributed by atoms with Crippen molar-refractivity contribution in [1.82, 2.24) is 34.7 Å². The molecule has 9 nitrogen and oxygen atoms in total. The molecule has 5 aromatic heterocycles. The Labute approximate surface area is 367 Å². The molecule has 61 heavy (non-hydrogen) atoms. The van der Waals surface area contributed by atoms with Crippen LogP contribution in [0.5, 0.6) is 0 Å². The maximum absolute atomic E-state index is 16.6. The first-order valence-electron chi connectivity index (χ1n) is 17.3. The smallest absolute Gasteiger partial charge is 0.253 e. The summed E-state index contributed by atoms with van der Waals surface area (Å²) in [5, 5.41) is 6.37. The van der Waals surface area contributed by atoms with Gasteiger partial charge in [0.2, 0.25) is 0 Å². The van der Waals surface area contributed by atoms with Crippen LogP contribution in [-0.4, -0.2) is 59.0 Å². The summed E-state index contributed by atoms with van der Waals surface area (Å²) >= 11 is 37.9. The topological polar surface area (TPSA) is 80.8 Å². The molecule has 5 aromatic rings. The van der Waals surface area contributed by atoms with Crippen molar-refractivity contribution in [3.63, 3.8) is 0 Å². The molecule has 0 radical (unpaired) electrons. The number of halogens is 17. The lowest BCUT2D eigenvalue weighted by Crippen LogP contribution is -2.59. The van der Waals surface area contributed by atoms with E-state index in [1.807, 2.05) is 0 Å². The molecule has 1 aliphatic heterocycles. The Morgan fingerprint density at radius 2 is 1.44 bits per heavy atom. The van der Waals surface area contributed by atoms with Gasteiger partial charge in [-0.15, -0.1) is 5.10 Å². The highest BCUT2D eigenvalue weighted by Gasteiger charge is 2.67. The Morgan fingerprint density at radius 1 is 0.770 bits per heavy atom. The monoisotopic (exact) mass is 989 g/mol. The van der Waals surface area contributed by atoms with Gasteiger partial charge in [-0.1, -0.05) is 83.5 Å². The molecule has 0 saturated carbocycles. The number of aromatic nitrogens is 7. The summed E-state index contributed by atoms with van der Waals surface area (Å²) in [6, 6.07) is 1.99. The van der Waals surface area contributed by atoms with Gasteiger partial charge in [0.1, 0.15) is 27.4 Å². The molecular formula is C35H24Cl6F11N9. The summed E-state index contributed by atoms with van der Waals surface area (Å²) in [5.74, 6) is -5.99. The largest absolute Gasteiger partial charge is 0.459 e. The highest BCUT2D eigenvalue weighted by Crippen LogP contribution is 2.52. The zero-order valence-corrected chi connectivity index (χ0v) is 35.1. The van der Waals surface area contributed by atoms with Gasteiger partial charge < -0.3 is 0 Å². The second-order valence-corrected chi connectivity index (χ2v) is 15.5. The molecule has 0 bridgehead atoms. The van der Waals surface area contributed by atoms with Crippen molar-refractivity contribution in [2.24, 2.45) is 0 Å². The Kier molecular flexibility index (Phi) is 13.0. The van der Waals surface area contributed by atoms with E-state index < -0.39 is 99.5 Å². The van der Waals surface area contributed by atoms with Crippen LogP contribution in [0, 0.1) is 0 Å². The minimum atomic E-state index is -6.49. The van der Waals surface area contributed by atoms with Gasteiger partial charge in [-0.05, 0) is 61.1 Å². The third-order valence-corrected chi connectivity index (χ3v) is 11.1. The molecule has 328 valence electrons. The molecule has 0 amide bonds. The molecule has 0 spiro atoms. The summed E-state index contributed by atoms with van der Waals surface area (Å²) in [7, 11) is 0. The van der Waals surface area contributed by atoms with Crippen LogP contribution >= 0.6 is 69.6 Å². The predicted molar refractivity (Wildman–Crippen MR) is 206 cm³/mol. The molecule has 0 saturated heterocycles. The van der Waals surface area contributed by atoms with Gasteiger partial charge in [0, 0.05) is 23.5 Å².